The summed E-state index contributed by atoms with van der Waals surface area (Å²) < 4.78 is 11.1. The summed E-state index contributed by atoms with van der Waals surface area (Å²) in [6.07, 6.45) is 0. The Bertz CT molecular complexity index is 931. The van der Waals surface area contributed by atoms with Crippen molar-refractivity contribution in [2.24, 2.45) is 0 Å². The van der Waals surface area contributed by atoms with Crippen molar-refractivity contribution in [1.29, 1.82) is 0 Å². The topological polar surface area (TPSA) is 54.7 Å². The predicted molar refractivity (Wildman–Crippen MR) is 107 cm³/mol. The van der Waals surface area contributed by atoms with Crippen molar-refractivity contribution in [2.75, 3.05) is 36.5 Å². The molecular formula is C21H19ClN2O3. The fourth-order valence-corrected chi connectivity index (χ4v) is 3.26. The Morgan fingerprint density at radius 3 is 2.44 bits per heavy atom. The quantitative estimate of drug-likeness (QED) is 0.711. The summed E-state index contributed by atoms with van der Waals surface area (Å²) in [5, 5.41) is 3.44. The fraction of sp³-hybridized carbons (Fsp3) is 0.190. The third kappa shape index (κ3) is 3.99. The number of furan rings is 1. The molecule has 0 atom stereocenters. The molecule has 1 fully saturated rings. The summed E-state index contributed by atoms with van der Waals surface area (Å²) in [5.74, 6) is 0.503. The number of halogens is 1. The van der Waals surface area contributed by atoms with Crippen molar-refractivity contribution in [3.8, 4) is 11.3 Å². The largest absolute Gasteiger partial charge is 0.451 e. The van der Waals surface area contributed by atoms with E-state index in [0.29, 0.717) is 16.5 Å². The Labute approximate surface area is 162 Å². The molecule has 0 unspecified atom stereocenters. The van der Waals surface area contributed by atoms with Crippen molar-refractivity contribution < 1.29 is 13.9 Å². The van der Waals surface area contributed by atoms with E-state index in [4.69, 9.17) is 20.8 Å². The molecule has 2 heterocycles. The number of hydrogen-bond acceptors (Lipinski definition) is 4. The molecular weight excluding hydrogens is 364 g/mol. The van der Waals surface area contributed by atoms with Gasteiger partial charge in [-0.25, -0.2) is 0 Å². The van der Waals surface area contributed by atoms with E-state index in [9.17, 15) is 4.79 Å². The van der Waals surface area contributed by atoms with E-state index < -0.39 is 0 Å². The van der Waals surface area contributed by atoms with Crippen molar-refractivity contribution >= 4 is 28.9 Å². The average molecular weight is 383 g/mol. The number of nitrogens with one attached hydrogen (secondary N) is 1. The van der Waals surface area contributed by atoms with Crippen LogP contribution in [0.5, 0.6) is 0 Å². The molecule has 1 aromatic heterocycles. The number of morpholine rings is 1. The fourth-order valence-electron chi connectivity index (χ4n) is 3.04. The van der Waals surface area contributed by atoms with Crippen LogP contribution in [0.25, 0.3) is 11.3 Å². The molecule has 1 aliphatic heterocycles. The number of hydrogen-bond donors (Lipinski definition) is 1. The standard InChI is InChI=1S/C21H19ClN2O3/c22-18-4-2-1-3-17(18)19-9-10-20(27-19)21(25)23-15-5-7-16(8-6-15)24-11-13-26-14-12-24/h1-10H,11-14H2,(H,23,25). The van der Waals surface area contributed by atoms with Gasteiger partial charge >= 0.3 is 0 Å². The average Bonchev–Trinajstić information content (AvgIpc) is 3.20. The number of amides is 1. The second-order valence-corrected chi connectivity index (χ2v) is 6.65. The van der Waals surface area contributed by atoms with Crippen molar-refractivity contribution in [1.82, 2.24) is 0 Å². The van der Waals surface area contributed by atoms with E-state index in [2.05, 4.69) is 10.2 Å². The van der Waals surface area contributed by atoms with Crippen LogP contribution in [-0.2, 0) is 4.74 Å². The highest BCUT2D eigenvalue weighted by atomic mass is 35.5. The Morgan fingerprint density at radius 1 is 0.963 bits per heavy atom. The van der Waals surface area contributed by atoms with Gasteiger partial charge < -0.3 is 19.4 Å². The summed E-state index contributed by atoms with van der Waals surface area (Å²) in [6, 6.07) is 18.5. The number of rotatable bonds is 4. The maximum absolute atomic E-state index is 12.5. The monoisotopic (exact) mass is 382 g/mol. The van der Waals surface area contributed by atoms with Crippen LogP contribution in [0, 0.1) is 0 Å². The Kier molecular flexibility index (Phi) is 5.14. The van der Waals surface area contributed by atoms with E-state index in [-0.39, 0.29) is 11.7 Å². The number of ether oxygens (including phenoxy) is 1. The van der Waals surface area contributed by atoms with Crippen molar-refractivity contribution in [3.63, 3.8) is 0 Å². The smallest absolute Gasteiger partial charge is 0.291 e. The third-order valence-corrected chi connectivity index (χ3v) is 4.80. The summed E-state index contributed by atoms with van der Waals surface area (Å²) in [6.45, 7) is 3.24. The molecule has 5 nitrogen and oxygen atoms in total. The first-order valence-electron chi connectivity index (χ1n) is 8.79. The first kappa shape index (κ1) is 17.6. The third-order valence-electron chi connectivity index (χ3n) is 4.47. The number of anilines is 2. The Balaban J connectivity index is 1.44. The van der Waals surface area contributed by atoms with Gasteiger partial charge in [0.1, 0.15) is 5.76 Å². The molecule has 138 valence electrons. The maximum atomic E-state index is 12.5. The van der Waals surface area contributed by atoms with Crippen LogP contribution in [0.1, 0.15) is 10.6 Å². The van der Waals surface area contributed by atoms with E-state index in [0.717, 1.165) is 37.6 Å². The van der Waals surface area contributed by atoms with Gasteiger partial charge in [-0.3, -0.25) is 4.79 Å². The minimum Gasteiger partial charge on any atom is -0.451 e. The molecule has 4 rings (SSSR count). The van der Waals surface area contributed by atoms with Crippen LogP contribution in [0.15, 0.2) is 65.1 Å². The molecule has 6 heteroatoms. The zero-order valence-electron chi connectivity index (χ0n) is 14.7. The molecule has 1 saturated heterocycles. The van der Waals surface area contributed by atoms with Gasteiger partial charge in [-0.2, -0.15) is 0 Å². The number of carbonyl (C=O) groups is 1. The highest BCUT2D eigenvalue weighted by molar-refractivity contribution is 6.33. The maximum Gasteiger partial charge on any atom is 0.291 e. The summed E-state index contributed by atoms with van der Waals surface area (Å²) >= 11 is 6.18. The van der Waals surface area contributed by atoms with Crippen LogP contribution in [-0.4, -0.2) is 32.2 Å². The Morgan fingerprint density at radius 2 is 1.70 bits per heavy atom. The van der Waals surface area contributed by atoms with E-state index in [1.807, 2.05) is 42.5 Å². The van der Waals surface area contributed by atoms with E-state index in [1.165, 1.54) is 0 Å². The molecule has 27 heavy (non-hydrogen) atoms. The lowest BCUT2D eigenvalue weighted by Gasteiger charge is -2.28. The lowest BCUT2D eigenvalue weighted by atomic mass is 10.2. The van der Waals surface area contributed by atoms with Gasteiger partial charge in [0.25, 0.3) is 5.91 Å². The van der Waals surface area contributed by atoms with Gasteiger partial charge in [0, 0.05) is 30.0 Å². The summed E-state index contributed by atoms with van der Waals surface area (Å²) in [4.78, 5) is 14.7. The van der Waals surface area contributed by atoms with Crippen molar-refractivity contribution in [3.05, 3.63) is 71.4 Å². The first-order valence-corrected chi connectivity index (χ1v) is 9.17. The van der Waals surface area contributed by atoms with Crippen LogP contribution < -0.4 is 10.2 Å². The zero-order chi connectivity index (χ0) is 18.6. The lowest BCUT2D eigenvalue weighted by Crippen LogP contribution is -2.36. The zero-order valence-corrected chi connectivity index (χ0v) is 15.4. The van der Waals surface area contributed by atoms with Crippen molar-refractivity contribution in [2.45, 2.75) is 0 Å². The van der Waals surface area contributed by atoms with Crippen LogP contribution in [0.2, 0.25) is 5.02 Å². The Hall–Kier alpha value is -2.76. The highest BCUT2D eigenvalue weighted by Gasteiger charge is 2.15. The highest BCUT2D eigenvalue weighted by Crippen LogP contribution is 2.29. The molecule has 1 aliphatic rings. The van der Waals surface area contributed by atoms with Gasteiger partial charge in [0.15, 0.2) is 5.76 Å². The number of nitrogens with zero attached hydrogens (tertiary/aromatic N) is 1. The number of benzene rings is 2. The minimum atomic E-state index is -0.299. The predicted octanol–water partition coefficient (Wildman–Crippen LogP) is 4.69. The molecule has 0 bridgehead atoms. The summed E-state index contributed by atoms with van der Waals surface area (Å²) in [7, 11) is 0. The summed E-state index contributed by atoms with van der Waals surface area (Å²) in [5.41, 5.74) is 2.59. The van der Waals surface area contributed by atoms with E-state index in [1.54, 1.807) is 18.2 Å². The normalized spacial score (nSPS) is 14.2. The molecule has 2 aromatic carbocycles. The molecule has 0 saturated carbocycles. The van der Waals surface area contributed by atoms with Gasteiger partial charge in [-0.15, -0.1) is 0 Å². The minimum absolute atomic E-state index is 0.238. The second-order valence-electron chi connectivity index (χ2n) is 6.24. The van der Waals surface area contributed by atoms with E-state index >= 15 is 0 Å². The SMILES string of the molecule is O=C(Nc1ccc(N2CCOCC2)cc1)c1ccc(-c2ccccc2Cl)o1. The van der Waals surface area contributed by atoms with Gasteiger partial charge in [-0.05, 0) is 48.5 Å². The van der Waals surface area contributed by atoms with Crippen LogP contribution in [0.3, 0.4) is 0 Å². The van der Waals surface area contributed by atoms with Crippen LogP contribution >= 0.6 is 11.6 Å². The first-order chi connectivity index (χ1) is 13.2. The molecule has 3 aromatic rings. The van der Waals surface area contributed by atoms with Gasteiger partial charge in [0.2, 0.25) is 0 Å². The molecule has 1 amide bonds. The molecule has 1 N–H and O–H groups in total. The molecule has 0 aliphatic carbocycles. The van der Waals surface area contributed by atoms with Crippen LogP contribution in [0.4, 0.5) is 11.4 Å². The van der Waals surface area contributed by atoms with Gasteiger partial charge in [-0.1, -0.05) is 23.7 Å². The van der Waals surface area contributed by atoms with Gasteiger partial charge in [0.05, 0.1) is 18.2 Å². The second kappa shape index (κ2) is 7.86. The molecule has 0 spiro atoms. The number of carbonyl (C=O) groups excluding carboxylic acids is 1. The lowest BCUT2D eigenvalue weighted by molar-refractivity contribution is 0.0997. The molecule has 0 radical (unpaired) electrons.